The molecule has 0 bridgehead atoms. The average molecular weight is 312 g/mol. The Kier molecular flexibility index (Phi) is 3.56. The summed E-state index contributed by atoms with van der Waals surface area (Å²) < 4.78 is 15.6. The molecule has 0 aromatic carbocycles. The molecule has 2 aromatic heterocycles. The van der Waals surface area contributed by atoms with E-state index >= 15 is 0 Å². The van der Waals surface area contributed by atoms with Crippen LogP contribution in [0.1, 0.15) is 36.1 Å². The third-order valence-corrected chi connectivity index (χ3v) is 3.01. The van der Waals surface area contributed by atoms with Crippen LogP contribution in [0.2, 0.25) is 0 Å². The van der Waals surface area contributed by atoms with Gasteiger partial charge in [-0.2, -0.15) is 5.10 Å². The van der Waals surface area contributed by atoms with E-state index in [1.807, 2.05) is 13.8 Å². The van der Waals surface area contributed by atoms with Gasteiger partial charge in [-0.05, 0) is 41.9 Å². The molecule has 4 nitrogen and oxygen atoms in total. The number of nitrogens with zero attached hydrogens (tertiary/aromatic N) is 3. The summed E-state index contributed by atoms with van der Waals surface area (Å²) in [5.74, 6) is -1.11. The maximum absolute atomic E-state index is 13.6. The molecule has 0 saturated carbocycles. The number of rotatable bonds is 3. The largest absolute Gasteiger partial charge is 0.285 e. The fourth-order valence-electron chi connectivity index (χ4n) is 1.61. The lowest BCUT2D eigenvalue weighted by molar-refractivity contribution is 0.101. The van der Waals surface area contributed by atoms with Crippen LogP contribution in [0.15, 0.2) is 29.0 Å². The summed E-state index contributed by atoms with van der Waals surface area (Å²) in [5.41, 5.74) is 0.114. The van der Waals surface area contributed by atoms with Crippen molar-refractivity contribution in [3.8, 4) is 0 Å². The van der Waals surface area contributed by atoms with Crippen molar-refractivity contribution in [2.24, 2.45) is 0 Å². The minimum atomic E-state index is -0.633. The first-order valence-corrected chi connectivity index (χ1v) is 6.20. The van der Waals surface area contributed by atoms with Crippen molar-refractivity contribution in [1.82, 2.24) is 14.8 Å². The molecule has 0 amide bonds. The maximum atomic E-state index is 13.6. The molecule has 6 heteroatoms. The maximum Gasteiger partial charge on any atom is 0.233 e. The van der Waals surface area contributed by atoms with E-state index in [-0.39, 0.29) is 11.7 Å². The summed E-state index contributed by atoms with van der Waals surface area (Å²) in [4.78, 5) is 16.1. The number of aromatic nitrogens is 3. The van der Waals surface area contributed by atoms with Gasteiger partial charge >= 0.3 is 0 Å². The van der Waals surface area contributed by atoms with E-state index in [4.69, 9.17) is 0 Å². The van der Waals surface area contributed by atoms with Gasteiger partial charge in [-0.25, -0.2) is 9.37 Å². The number of carbonyl (C=O) groups excluding carboxylic acids is 1. The molecule has 2 rings (SSSR count). The molecule has 0 aliphatic carbocycles. The molecule has 94 valence electrons. The second-order valence-corrected chi connectivity index (χ2v) is 4.90. The van der Waals surface area contributed by atoms with Crippen molar-refractivity contribution in [3.63, 3.8) is 0 Å². The number of ketones is 1. The van der Waals surface area contributed by atoms with Crippen LogP contribution in [0.5, 0.6) is 0 Å². The van der Waals surface area contributed by atoms with Crippen LogP contribution in [0.4, 0.5) is 4.39 Å². The van der Waals surface area contributed by atoms with Crippen molar-refractivity contribution >= 4 is 21.7 Å². The van der Waals surface area contributed by atoms with Gasteiger partial charge < -0.3 is 0 Å². The standard InChI is InChI=1S/C12H11BrFN3O/c1-7(2)17-11(8(13)6-16-17)12(18)10-9(14)4-3-5-15-10/h3-7H,1-2H3. The Morgan fingerprint density at radius 3 is 2.83 bits per heavy atom. The minimum absolute atomic E-state index is 0.00187. The average Bonchev–Trinajstić information content (AvgIpc) is 2.71. The van der Waals surface area contributed by atoms with E-state index in [0.29, 0.717) is 10.2 Å². The Morgan fingerprint density at radius 2 is 2.22 bits per heavy atom. The van der Waals surface area contributed by atoms with Gasteiger partial charge in [0.1, 0.15) is 11.4 Å². The highest BCUT2D eigenvalue weighted by Gasteiger charge is 2.23. The zero-order valence-electron chi connectivity index (χ0n) is 9.89. The Bertz CT molecular complexity index is 595. The Hall–Kier alpha value is -1.56. The lowest BCUT2D eigenvalue weighted by Gasteiger charge is -2.10. The summed E-state index contributed by atoms with van der Waals surface area (Å²) in [6, 6.07) is 2.66. The quantitative estimate of drug-likeness (QED) is 0.819. The predicted molar refractivity (Wildman–Crippen MR) is 67.9 cm³/mol. The summed E-state index contributed by atoms with van der Waals surface area (Å²) in [6.45, 7) is 3.79. The highest BCUT2D eigenvalue weighted by Crippen LogP contribution is 2.22. The third kappa shape index (κ3) is 2.20. The molecule has 0 spiro atoms. The first kappa shape index (κ1) is 12.9. The molecule has 0 N–H and O–H groups in total. The molecule has 0 saturated heterocycles. The van der Waals surface area contributed by atoms with Gasteiger partial charge in [-0.15, -0.1) is 0 Å². The molecule has 18 heavy (non-hydrogen) atoms. The second-order valence-electron chi connectivity index (χ2n) is 4.04. The van der Waals surface area contributed by atoms with Gasteiger partial charge in [0.05, 0.1) is 10.7 Å². The first-order chi connectivity index (χ1) is 8.52. The number of hydrogen-bond acceptors (Lipinski definition) is 3. The molecule has 0 fully saturated rings. The molecule has 2 heterocycles. The van der Waals surface area contributed by atoms with Crippen molar-refractivity contribution in [3.05, 3.63) is 46.2 Å². The SMILES string of the molecule is CC(C)n1ncc(Br)c1C(=O)c1ncccc1F. The van der Waals surface area contributed by atoms with Crippen molar-refractivity contribution in [2.45, 2.75) is 19.9 Å². The highest BCUT2D eigenvalue weighted by molar-refractivity contribution is 9.10. The van der Waals surface area contributed by atoms with Gasteiger partial charge in [-0.1, -0.05) is 0 Å². The molecule has 0 aliphatic rings. The Balaban J connectivity index is 2.53. The minimum Gasteiger partial charge on any atom is -0.285 e. The number of halogens is 2. The van der Waals surface area contributed by atoms with Gasteiger partial charge in [0, 0.05) is 12.2 Å². The van der Waals surface area contributed by atoms with E-state index in [2.05, 4.69) is 26.0 Å². The number of hydrogen-bond donors (Lipinski definition) is 0. The van der Waals surface area contributed by atoms with Crippen molar-refractivity contribution < 1.29 is 9.18 Å². The molecular weight excluding hydrogens is 301 g/mol. The lowest BCUT2D eigenvalue weighted by atomic mass is 10.2. The second kappa shape index (κ2) is 4.97. The third-order valence-electron chi connectivity index (χ3n) is 2.43. The Morgan fingerprint density at radius 1 is 1.50 bits per heavy atom. The molecule has 2 aromatic rings. The molecule has 0 aliphatic heterocycles. The molecule has 0 atom stereocenters. The topological polar surface area (TPSA) is 47.8 Å². The number of pyridine rings is 1. The lowest BCUT2D eigenvalue weighted by Crippen LogP contribution is -2.16. The van der Waals surface area contributed by atoms with Crippen LogP contribution in [0.3, 0.4) is 0 Å². The van der Waals surface area contributed by atoms with Gasteiger partial charge in [-0.3, -0.25) is 9.48 Å². The van der Waals surface area contributed by atoms with Crippen LogP contribution in [-0.2, 0) is 0 Å². The summed E-state index contributed by atoms with van der Waals surface area (Å²) >= 11 is 3.25. The molecule has 0 radical (unpaired) electrons. The van der Waals surface area contributed by atoms with E-state index in [1.165, 1.54) is 24.5 Å². The van der Waals surface area contributed by atoms with Crippen LogP contribution < -0.4 is 0 Å². The van der Waals surface area contributed by atoms with Crippen LogP contribution >= 0.6 is 15.9 Å². The van der Waals surface area contributed by atoms with E-state index in [0.717, 1.165) is 0 Å². The number of carbonyl (C=O) groups is 1. The molecule has 0 unspecified atom stereocenters. The fraction of sp³-hybridized carbons (Fsp3) is 0.250. The van der Waals surface area contributed by atoms with Gasteiger partial charge in [0.2, 0.25) is 5.78 Å². The zero-order chi connectivity index (χ0) is 13.3. The van der Waals surface area contributed by atoms with Crippen molar-refractivity contribution in [2.75, 3.05) is 0 Å². The van der Waals surface area contributed by atoms with Crippen molar-refractivity contribution in [1.29, 1.82) is 0 Å². The van der Waals surface area contributed by atoms with Crippen LogP contribution in [-0.4, -0.2) is 20.5 Å². The monoisotopic (exact) mass is 311 g/mol. The van der Waals surface area contributed by atoms with Gasteiger partial charge in [0.25, 0.3) is 0 Å². The summed E-state index contributed by atoms with van der Waals surface area (Å²) in [6.07, 6.45) is 2.91. The Labute approximate surface area is 112 Å². The fourth-order valence-corrected chi connectivity index (χ4v) is 2.06. The van der Waals surface area contributed by atoms with E-state index < -0.39 is 11.6 Å². The first-order valence-electron chi connectivity index (χ1n) is 5.40. The highest BCUT2D eigenvalue weighted by atomic mass is 79.9. The van der Waals surface area contributed by atoms with Crippen LogP contribution in [0.25, 0.3) is 0 Å². The summed E-state index contributed by atoms with van der Waals surface area (Å²) in [7, 11) is 0. The van der Waals surface area contributed by atoms with E-state index in [1.54, 1.807) is 4.68 Å². The molecular formula is C12H11BrFN3O. The summed E-state index contributed by atoms with van der Waals surface area (Å²) in [5, 5.41) is 4.09. The normalized spacial score (nSPS) is 10.9. The zero-order valence-corrected chi connectivity index (χ0v) is 11.5. The van der Waals surface area contributed by atoms with E-state index in [9.17, 15) is 9.18 Å². The smallest absolute Gasteiger partial charge is 0.233 e. The predicted octanol–water partition coefficient (Wildman–Crippen LogP) is 2.99. The van der Waals surface area contributed by atoms with Crippen LogP contribution in [0, 0.1) is 5.82 Å². The van der Waals surface area contributed by atoms with Gasteiger partial charge in [0.15, 0.2) is 5.82 Å².